The van der Waals surface area contributed by atoms with Crippen LogP contribution in [-0.4, -0.2) is 7.05 Å². The maximum absolute atomic E-state index is 13.8. The summed E-state index contributed by atoms with van der Waals surface area (Å²) in [6, 6.07) is 12.6. The number of nitrogens with one attached hydrogen (secondary N) is 1. The van der Waals surface area contributed by atoms with Crippen molar-refractivity contribution < 1.29 is 8.78 Å². The number of halogens is 2. The third kappa shape index (κ3) is 3.88. The summed E-state index contributed by atoms with van der Waals surface area (Å²) in [6.07, 6.45) is 2.60. The quantitative estimate of drug-likeness (QED) is 0.830. The van der Waals surface area contributed by atoms with Gasteiger partial charge in [-0.05, 0) is 42.6 Å². The molecule has 1 atom stereocenters. The lowest BCUT2D eigenvalue weighted by molar-refractivity contribution is 0.487. The average molecular weight is 289 g/mol. The van der Waals surface area contributed by atoms with Gasteiger partial charge in [-0.3, -0.25) is 0 Å². The molecule has 112 valence electrons. The molecule has 21 heavy (non-hydrogen) atoms. The van der Waals surface area contributed by atoms with Gasteiger partial charge in [0.05, 0.1) is 0 Å². The lowest BCUT2D eigenvalue weighted by atomic mass is 9.97. The fourth-order valence-corrected chi connectivity index (χ4v) is 2.52. The van der Waals surface area contributed by atoms with Crippen LogP contribution in [0.3, 0.4) is 0 Å². The Morgan fingerprint density at radius 2 is 1.76 bits per heavy atom. The molecule has 0 aliphatic heterocycles. The average Bonchev–Trinajstić information content (AvgIpc) is 2.50. The number of benzene rings is 2. The fraction of sp³-hybridized carbons (Fsp3) is 0.333. The number of hydrogen-bond donors (Lipinski definition) is 1. The van der Waals surface area contributed by atoms with Gasteiger partial charge in [-0.15, -0.1) is 0 Å². The summed E-state index contributed by atoms with van der Waals surface area (Å²) < 4.78 is 27.1. The van der Waals surface area contributed by atoms with Crippen LogP contribution in [0, 0.1) is 11.6 Å². The van der Waals surface area contributed by atoms with Gasteiger partial charge in [0.25, 0.3) is 0 Å². The van der Waals surface area contributed by atoms with Crippen LogP contribution in [0.25, 0.3) is 0 Å². The van der Waals surface area contributed by atoms with E-state index in [0.717, 1.165) is 24.5 Å². The highest BCUT2D eigenvalue weighted by atomic mass is 19.2. The third-order valence-electron chi connectivity index (χ3n) is 3.72. The maximum Gasteiger partial charge on any atom is 0.162 e. The van der Waals surface area contributed by atoms with Crippen molar-refractivity contribution in [3.63, 3.8) is 0 Å². The van der Waals surface area contributed by atoms with Crippen LogP contribution in [-0.2, 0) is 12.8 Å². The molecule has 0 amide bonds. The van der Waals surface area contributed by atoms with E-state index in [-0.39, 0.29) is 6.04 Å². The van der Waals surface area contributed by atoms with Crippen molar-refractivity contribution >= 4 is 0 Å². The number of likely N-dealkylation sites (N-methyl/N-ethyl adjacent to an activating group) is 1. The van der Waals surface area contributed by atoms with E-state index in [1.54, 1.807) is 12.1 Å². The zero-order valence-electron chi connectivity index (χ0n) is 12.5. The van der Waals surface area contributed by atoms with Crippen LogP contribution < -0.4 is 5.32 Å². The monoisotopic (exact) mass is 289 g/mol. The summed E-state index contributed by atoms with van der Waals surface area (Å²) in [6.45, 7) is 2.15. The van der Waals surface area contributed by atoms with Crippen LogP contribution in [0.1, 0.15) is 36.1 Å². The highest BCUT2D eigenvalue weighted by molar-refractivity contribution is 5.28. The minimum atomic E-state index is -0.791. The predicted molar refractivity (Wildman–Crippen MR) is 82.3 cm³/mol. The van der Waals surface area contributed by atoms with Gasteiger partial charge in [0.1, 0.15) is 0 Å². The Labute approximate surface area is 125 Å². The van der Waals surface area contributed by atoms with Crippen molar-refractivity contribution in [3.05, 3.63) is 70.8 Å². The summed E-state index contributed by atoms with van der Waals surface area (Å²) >= 11 is 0. The first kappa shape index (κ1) is 15.6. The molecule has 0 aromatic heterocycles. The van der Waals surface area contributed by atoms with E-state index >= 15 is 0 Å². The molecule has 0 heterocycles. The fourth-order valence-electron chi connectivity index (χ4n) is 2.52. The van der Waals surface area contributed by atoms with Crippen LogP contribution in [0.2, 0.25) is 0 Å². The predicted octanol–water partition coefficient (Wildman–Crippen LogP) is 4.42. The van der Waals surface area contributed by atoms with Gasteiger partial charge in [0.15, 0.2) is 11.6 Å². The van der Waals surface area contributed by atoms with Crippen LogP contribution in [0.4, 0.5) is 8.78 Å². The summed E-state index contributed by atoms with van der Waals surface area (Å²) in [7, 11) is 1.84. The van der Waals surface area contributed by atoms with E-state index < -0.39 is 11.6 Å². The first-order chi connectivity index (χ1) is 10.2. The molecule has 0 spiro atoms. The van der Waals surface area contributed by atoms with Gasteiger partial charge in [0.2, 0.25) is 0 Å². The van der Waals surface area contributed by atoms with Crippen molar-refractivity contribution in [1.29, 1.82) is 0 Å². The Kier molecular flexibility index (Phi) is 5.45. The molecule has 0 aliphatic rings. The van der Waals surface area contributed by atoms with E-state index in [2.05, 4.69) is 36.5 Å². The zero-order chi connectivity index (χ0) is 15.2. The first-order valence-electron chi connectivity index (χ1n) is 7.34. The summed E-state index contributed by atoms with van der Waals surface area (Å²) in [5.41, 5.74) is 2.78. The molecule has 2 aromatic rings. The molecule has 3 heteroatoms. The smallest absolute Gasteiger partial charge is 0.162 e. The number of aryl methyl sites for hydroxylation is 1. The molecule has 1 nitrogen and oxygen atoms in total. The highest BCUT2D eigenvalue weighted by Gasteiger charge is 2.14. The van der Waals surface area contributed by atoms with Gasteiger partial charge in [-0.25, -0.2) is 8.78 Å². The van der Waals surface area contributed by atoms with E-state index in [1.165, 1.54) is 5.56 Å². The minimum Gasteiger partial charge on any atom is -0.313 e. The molecular formula is C18H21F2N. The molecule has 2 rings (SSSR count). The molecule has 0 fully saturated rings. The van der Waals surface area contributed by atoms with E-state index in [0.29, 0.717) is 12.0 Å². The van der Waals surface area contributed by atoms with Gasteiger partial charge in [0, 0.05) is 6.04 Å². The third-order valence-corrected chi connectivity index (χ3v) is 3.72. The normalized spacial score (nSPS) is 12.4. The van der Waals surface area contributed by atoms with Crippen molar-refractivity contribution in [1.82, 2.24) is 5.32 Å². The molecule has 0 saturated heterocycles. The zero-order valence-corrected chi connectivity index (χ0v) is 12.5. The molecular weight excluding hydrogens is 268 g/mol. The summed E-state index contributed by atoms with van der Waals surface area (Å²) in [5.74, 6) is -1.54. The van der Waals surface area contributed by atoms with Crippen LogP contribution in [0.5, 0.6) is 0 Å². The summed E-state index contributed by atoms with van der Waals surface area (Å²) in [5, 5.41) is 3.18. The highest BCUT2D eigenvalue weighted by Crippen LogP contribution is 2.22. The second-order valence-electron chi connectivity index (χ2n) is 5.25. The second kappa shape index (κ2) is 7.32. The Morgan fingerprint density at radius 1 is 1.05 bits per heavy atom. The minimum absolute atomic E-state index is 0.0306. The van der Waals surface area contributed by atoms with Crippen LogP contribution >= 0.6 is 0 Å². The Balaban J connectivity index is 2.17. The second-order valence-corrected chi connectivity index (χ2v) is 5.25. The standard InChI is InChI=1S/C18H21F2N/c1-3-5-13-8-10-14(11-9-13)17(21-2)12-15-6-4-7-16(19)18(15)20/h4,6-11,17,21H,3,5,12H2,1-2H3. The molecule has 0 saturated carbocycles. The van der Waals surface area contributed by atoms with Crippen molar-refractivity contribution in [2.45, 2.75) is 32.2 Å². The number of hydrogen-bond acceptors (Lipinski definition) is 1. The summed E-state index contributed by atoms with van der Waals surface area (Å²) in [4.78, 5) is 0. The van der Waals surface area contributed by atoms with E-state index in [4.69, 9.17) is 0 Å². The van der Waals surface area contributed by atoms with Gasteiger partial charge in [-0.2, -0.15) is 0 Å². The van der Waals surface area contributed by atoms with Crippen molar-refractivity contribution in [3.8, 4) is 0 Å². The van der Waals surface area contributed by atoms with E-state index in [1.807, 2.05) is 7.05 Å². The lowest BCUT2D eigenvalue weighted by Crippen LogP contribution is -2.19. The topological polar surface area (TPSA) is 12.0 Å². The largest absolute Gasteiger partial charge is 0.313 e. The molecule has 1 unspecified atom stereocenters. The molecule has 0 aliphatic carbocycles. The Morgan fingerprint density at radius 3 is 2.38 bits per heavy atom. The molecule has 0 radical (unpaired) electrons. The Hall–Kier alpha value is -1.74. The lowest BCUT2D eigenvalue weighted by Gasteiger charge is -2.18. The molecule has 2 aromatic carbocycles. The molecule has 1 N–H and O–H groups in total. The van der Waals surface area contributed by atoms with Gasteiger partial charge in [-0.1, -0.05) is 49.7 Å². The van der Waals surface area contributed by atoms with Crippen molar-refractivity contribution in [2.24, 2.45) is 0 Å². The number of rotatable bonds is 6. The maximum atomic E-state index is 13.8. The molecule has 0 bridgehead atoms. The van der Waals surface area contributed by atoms with Gasteiger partial charge < -0.3 is 5.32 Å². The first-order valence-corrected chi connectivity index (χ1v) is 7.34. The van der Waals surface area contributed by atoms with Gasteiger partial charge >= 0.3 is 0 Å². The van der Waals surface area contributed by atoms with E-state index in [9.17, 15) is 8.78 Å². The SMILES string of the molecule is CCCc1ccc(C(Cc2cccc(F)c2F)NC)cc1. The Bertz CT molecular complexity index is 578. The van der Waals surface area contributed by atoms with Crippen LogP contribution in [0.15, 0.2) is 42.5 Å². The van der Waals surface area contributed by atoms with Crippen molar-refractivity contribution in [2.75, 3.05) is 7.05 Å².